The molecule has 0 aromatic heterocycles. The maximum atomic E-state index is 12.3. The lowest BCUT2D eigenvalue weighted by Gasteiger charge is -2.15. The van der Waals surface area contributed by atoms with Gasteiger partial charge in [0.25, 0.3) is 0 Å². The lowest BCUT2D eigenvalue weighted by Crippen LogP contribution is -2.28. The van der Waals surface area contributed by atoms with Crippen molar-refractivity contribution in [2.45, 2.75) is 354 Å². The molecule has 1 unspecified atom stereocenters. The van der Waals surface area contributed by atoms with Crippen LogP contribution in [0.4, 0.5) is 0 Å². The fourth-order valence-electron chi connectivity index (χ4n) is 9.44. The zero-order valence-electron chi connectivity index (χ0n) is 43.8. The summed E-state index contributed by atoms with van der Waals surface area (Å²) in [5.74, 6) is -0.563. The van der Waals surface area contributed by atoms with Crippen LogP contribution in [0.5, 0.6) is 0 Å². The molecule has 0 bridgehead atoms. The Hall–Kier alpha value is -1.10. The Labute approximate surface area is 401 Å². The zero-order valence-corrected chi connectivity index (χ0v) is 43.8. The second-order valence-electron chi connectivity index (χ2n) is 20.4. The number of rotatable bonds is 56. The van der Waals surface area contributed by atoms with Crippen LogP contribution in [0.3, 0.4) is 0 Å². The molecule has 1 N–H and O–H groups in total. The van der Waals surface area contributed by atoms with Crippen molar-refractivity contribution in [1.82, 2.24) is 0 Å². The molecular formula is C59H116O5. The van der Waals surface area contributed by atoms with Crippen LogP contribution in [-0.4, -0.2) is 36.4 Å². The van der Waals surface area contributed by atoms with Crippen LogP contribution in [0.15, 0.2) is 0 Å². The largest absolute Gasteiger partial charge is 0.462 e. The van der Waals surface area contributed by atoms with Crippen LogP contribution in [0.1, 0.15) is 348 Å². The van der Waals surface area contributed by atoms with Gasteiger partial charge in [-0.1, -0.05) is 322 Å². The highest BCUT2D eigenvalue weighted by Crippen LogP contribution is 2.19. The Bertz CT molecular complexity index is 891. The summed E-state index contributed by atoms with van der Waals surface area (Å²) >= 11 is 0. The molecule has 0 saturated carbocycles. The summed E-state index contributed by atoms with van der Waals surface area (Å²) in [6, 6.07) is 0. The molecule has 0 aliphatic rings. The van der Waals surface area contributed by atoms with E-state index in [0.717, 1.165) is 32.1 Å². The van der Waals surface area contributed by atoms with Crippen LogP contribution < -0.4 is 0 Å². The molecule has 0 heterocycles. The van der Waals surface area contributed by atoms with Crippen LogP contribution in [-0.2, 0) is 19.1 Å². The van der Waals surface area contributed by atoms with E-state index in [2.05, 4.69) is 13.8 Å². The molecule has 0 saturated heterocycles. The molecule has 5 heteroatoms. The van der Waals surface area contributed by atoms with Crippen molar-refractivity contribution in [2.24, 2.45) is 0 Å². The van der Waals surface area contributed by atoms with Crippen molar-refractivity contribution in [3.63, 3.8) is 0 Å². The maximum Gasteiger partial charge on any atom is 0.306 e. The number of esters is 2. The van der Waals surface area contributed by atoms with Gasteiger partial charge in [0.15, 0.2) is 6.10 Å². The van der Waals surface area contributed by atoms with Crippen molar-refractivity contribution in [1.29, 1.82) is 0 Å². The number of carbonyl (C=O) groups excluding carboxylic acids is 2. The number of hydrogen-bond acceptors (Lipinski definition) is 5. The van der Waals surface area contributed by atoms with E-state index in [1.807, 2.05) is 0 Å². The molecule has 64 heavy (non-hydrogen) atoms. The van der Waals surface area contributed by atoms with Gasteiger partial charge in [-0.3, -0.25) is 9.59 Å². The Morgan fingerprint density at radius 2 is 0.484 bits per heavy atom. The first-order valence-corrected chi connectivity index (χ1v) is 29.6. The van der Waals surface area contributed by atoms with Crippen LogP contribution in [0.25, 0.3) is 0 Å². The summed E-state index contributed by atoms with van der Waals surface area (Å²) in [6.45, 7) is 4.21. The summed E-state index contributed by atoms with van der Waals surface area (Å²) in [6.07, 6.45) is 68.2. The van der Waals surface area contributed by atoms with E-state index in [1.165, 1.54) is 289 Å². The minimum Gasteiger partial charge on any atom is -0.462 e. The summed E-state index contributed by atoms with van der Waals surface area (Å²) in [5.41, 5.74) is 0. The minimum absolute atomic E-state index is 0.0558. The monoisotopic (exact) mass is 905 g/mol. The van der Waals surface area contributed by atoms with Crippen LogP contribution in [0, 0.1) is 0 Å². The van der Waals surface area contributed by atoms with E-state index < -0.39 is 6.10 Å². The van der Waals surface area contributed by atoms with Gasteiger partial charge in [-0.25, -0.2) is 0 Å². The molecular weight excluding hydrogens is 789 g/mol. The van der Waals surface area contributed by atoms with E-state index in [9.17, 15) is 14.7 Å². The summed E-state index contributed by atoms with van der Waals surface area (Å²) < 4.78 is 10.7. The minimum atomic E-state index is -0.764. The zero-order chi connectivity index (χ0) is 46.3. The maximum absolute atomic E-state index is 12.3. The standard InChI is InChI=1S/C59H116O5/c1-3-5-7-9-11-13-15-17-19-21-23-24-25-26-27-28-29-30-31-32-33-34-35-36-38-40-42-44-46-48-50-52-54-59(62)64-57(55-60)56-63-58(61)53-51-49-47-45-43-41-39-37-22-20-18-16-14-12-10-8-6-4-2/h57,60H,3-56H2,1-2H3. The van der Waals surface area contributed by atoms with Gasteiger partial charge in [-0.05, 0) is 12.8 Å². The molecule has 0 aromatic rings. The molecule has 0 rings (SSSR count). The second-order valence-corrected chi connectivity index (χ2v) is 20.4. The van der Waals surface area contributed by atoms with Gasteiger partial charge in [-0.2, -0.15) is 0 Å². The average molecular weight is 906 g/mol. The first-order chi connectivity index (χ1) is 31.6. The molecule has 0 aliphatic heterocycles. The summed E-state index contributed by atoms with van der Waals surface area (Å²) in [7, 11) is 0. The Morgan fingerprint density at radius 1 is 0.297 bits per heavy atom. The van der Waals surface area contributed by atoms with Crippen molar-refractivity contribution in [3.05, 3.63) is 0 Å². The second kappa shape index (κ2) is 56.2. The van der Waals surface area contributed by atoms with Crippen molar-refractivity contribution in [3.8, 4) is 0 Å². The molecule has 0 aromatic carbocycles. The van der Waals surface area contributed by atoms with E-state index in [0.29, 0.717) is 12.8 Å². The first-order valence-electron chi connectivity index (χ1n) is 29.6. The number of unbranched alkanes of at least 4 members (excludes halogenated alkanes) is 48. The number of aliphatic hydroxyl groups excluding tert-OH is 1. The number of ether oxygens (including phenoxy) is 2. The van der Waals surface area contributed by atoms with Gasteiger partial charge in [-0.15, -0.1) is 0 Å². The third-order valence-corrected chi connectivity index (χ3v) is 13.9. The van der Waals surface area contributed by atoms with Gasteiger partial charge in [0.2, 0.25) is 0 Å². The predicted molar refractivity (Wildman–Crippen MR) is 279 cm³/mol. The fraction of sp³-hybridized carbons (Fsp3) is 0.966. The van der Waals surface area contributed by atoms with Gasteiger partial charge in [0, 0.05) is 12.8 Å². The van der Waals surface area contributed by atoms with Gasteiger partial charge in [0.05, 0.1) is 6.61 Å². The number of aliphatic hydroxyl groups is 1. The normalized spacial score (nSPS) is 12.0. The lowest BCUT2D eigenvalue weighted by molar-refractivity contribution is -0.161. The Balaban J connectivity index is 3.36. The van der Waals surface area contributed by atoms with Crippen molar-refractivity contribution in [2.75, 3.05) is 13.2 Å². The number of hydrogen-bond donors (Lipinski definition) is 1. The molecule has 0 aliphatic carbocycles. The fourth-order valence-corrected chi connectivity index (χ4v) is 9.44. The smallest absolute Gasteiger partial charge is 0.306 e. The highest BCUT2D eigenvalue weighted by molar-refractivity contribution is 5.70. The number of carbonyl (C=O) groups is 2. The quantitative estimate of drug-likeness (QED) is 0.0486. The molecule has 5 nitrogen and oxygen atoms in total. The highest BCUT2D eigenvalue weighted by Gasteiger charge is 2.16. The molecule has 0 amide bonds. The first kappa shape index (κ1) is 62.9. The van der Waals surface area contributed by atoms with Crippen LogP contribution in [0.2, 0.25) is 0 Å². The predicted octanol–water partition coefficient (Wildman–Crippen LogP) is 19.8. The van der Waals surface area contributed by atoms with E-state index in [1.54, 1.807) is 0 Å². The summed E-state index contributed by atoms with van der Waals surface area (Å²) in [5, 5.41) is 9.65. The third kappa shape index (κ3) is 53.5. The molecule has 1 atom stereocenters. The highest BCUT2D eigenvalue weighted by atomic mass is 16.6. The lowest BCUT2D eigenvalue weighted by atomic mass is 10.0. The Kier molecular flexibility index (Phi) is 55.3. The van der Waals surface area contributed by atoms with E-state index in [4.69, 9.17) is 9.47 Å². The molecule has 0 spiro atoms. The van der Waals surface area contributed by atoms with Gasteiger partial charge < -0.3 is 14.6 Å². The van der Waals surface area contributed by atoms with Gasteiger partial charge in [0.1, 0.15) is 6.61 Å². The average Bonchev–Trinajstić information content (AvgIpc) is 3.30. The van der Waals surface area contributed by atoms with Crippen LogP contribution >= 0.6 is 0 Å². The topological polar surface area (TPSA) is 72.8 Å². The van der Waals surface area contributed by atoms with E-state index >= 15 is 0 Å². The molecule has 382 valence electrons. The molecule has 0 fully saturated rings. The van der Waals surface area contributed by atoms with Crippen molar-refractivity contribution < 1.29 is 24.2 Å². The third-order valence-electron chi connectivity index (χ3n) is 13.9. The Morgan fingerprint density at radius 3 is 0.688 bits per heavy atom. The van der Waals surface area contributed by atoms with E-state index in [-0.39, 0.29) is 25.2 Å². The van der Waals surface area contributed by atoms with Crippen molar-refractivity contribution >= 4 is 11.9 Å². The van der Waals surface area contributed by atoms with Gasteiger partial charge >= 0.3 is 11.9 Å². The SMILES string of the molecule is CCCCCCCCCCCCCCCCCCCCCCCCCCCCCCCCCCC(=O)OC(CO)COC(=O)CCCCCCCCCCCCCCCCCCCC. The summed E-state index contributed by atoms with van der Waals surface area (Å²) in [4.78, 5) is 24.5. The molecule has 0 radical (unpaired) electrons.